The van der Waals surface area contributed by atoms with E-state index in [0.717, 1.165) is 6.92 Å². The molecule has 2 aromatic rings. The molecule has 2 rings (SSSR count). The fraction of sp³-hybridized carbons (Fsp3) is 0.551. The molecule has 1 heterocycles. The maximum absolute atomic E-state index is 14.2. The predicted molar refractivity (Wildman–Crippen MR) is 287 cm³/mol. The summed E-state index contributed by atoms with van der Waals surface area (Å²) in [6.07, 6.45) is -0.236. The Morgan fingerprint density at radius 1 is 0.610 bits per heavy atom. The van der Waals surface area contributed by atoms with Gasteiger partial charge in [-0.1, -0.05) is 44.2 Å². The maximum Gasteiger partial charge on any atom is 0.328 e. The van der Waals surface area contributed by atoms with Crippen molar-refractivity contribution in [1.29, 1.82) is 0 Å². The molecule has 0 aliphatic heterocycles. The van der Waals surface area contributed by atoms with Gasteiger partial charge in [0.2, 0.25) is 59.1 Å². The Balaban J connectivity index is 2.21. The summed E-state index contributed by atoms with van der Waals surface area (Å²) in [5.41, 5.74) is 17.2. The molecule has 0 fully saturated rings. The second-order valence-corrected chi connectivity index (χ2v) is 19.2. The lowest BCUT2D eigenvalue weighted by Crippen LogP contribution is -2.60. The van der Waals surface area contributed by atoms with Crippen LogP contribution in [0.25, 0.3) is 0 Å². The van der Waals surface area contributed by atoms with Gasteiger partial charge in [-0.05, 0) is 51.0 Å². The Morgan fingerprint density at radius 3 is 1.65 bits per heavy atom. The van der Waals surface area contributed by atoms with E-state index in [1.807, 2.05) is 0 Å². The van der Waals surface area contributed by atoms with Crippen molar-refractivity contribution in [3.63, 3.8) is 0 Å². The number of aliphatic carboxylic acids is 2. The highest BCUT2D eigenvalue weighted by Gasteiger charge is 2.34. The van der Waals surface area contributed by atoms with E-state index in [2.05, 4.69) is 68.1 Å². The van der Waals surface area contributed by atoms with Crippen LogP contribution in [0.15, 0.2) is 47.8 Å². The van der Waals surface area contributed by atoms with E-state index >= 15 is 0 Å². The van der Waals surface area contributed by atoms with Gasteiger partial charge in [-0.2, -0.15) is 0 Å². The third kappa shape index (κ3) is 26.0. The van der Waals surface area contributed by atoms with Gasteiger partial charge in [-0.15, -0.1) is 0 Å². The van der Waals surface area contributed by atoms with Crippen LogP contribution in [0.3, 0.4) is 0 Å². The lowest BCUT2D eigenvalue weighted by atomic mass is 10.0. The van der Waals surface area contributed by atoms with Crippen molar-refractivity contribution >= 4 is 77.0 Å². The topological polar surface area (TPSA) is 545 Å². The number of aromatic nitrogens is 2. The molecule has 33 nitrogen and oxygen atoms in total. The molecule has 10 amide bonds. The van der Waals surface area contributed by atoms with Crippen LogP contribution < -0.4 is 70.4 Å². The van der Waals surface area contributed by atoms with E-state index in [1.165, 1.54) is 19.4 Å². The van der Waals surface area contributed by atoms with Crippen LogP contribution in [0.1, 0.15) is 71.1 Å². The van der Waals surface area contributed by atoms with Crippen LogP contribution in [-0.4, -0.2) is 206 Å². The van der Waals surface area contributed by atoms with Crippen LogP contribution in [0, 0.1) is 5.92 Å². The number of nitrogens with one attached hydrogen (secondary N) is 11. The number of carbonyl (C=O) groups is 12. The summed E-state index contributed by atoms with van der Waals surface area (Å²) in [5.74, 6) is -13.2. The van der Waals surface area contributed by atoms with E-state index in [-0.39, 0.29) is 49.8 Å². The minimum absolute atomic E-state index is 0.0343. The number of nitrogens with two attached hydrogens (primary N) is 3. The average Bonchev–Trinajstić information content (AvgIpc) is 3.97. The fourth-order valence-corrected chi connectivity index (χ4v) is 7.38. The number of nitrogens with zero attached hydrogens (tertiary/aromatic N) is 2. The number of carboxylic acids is 2. The van der Waals surface area contributed by atoms with Gasteiger partial charge < -0.3 is 101 Å². The average molecular weight is 1160 g/mol. The number of aliphatic hydroxyl groups is 3. The first-order valence-electron chi connectivity index (χ1n) is 25.8. The lowest BCUT2D eigenvalue weighted by Gasteiger charge is -2.26. The van der Waals surface area contributed by atoms with Crippen molar-refractivity contribution < 1.29 is 83.1 Å². The van der Waals surface area contributed by atoms with Gasteiger partial charge in [0.1, 0.15) is 42.3 Å². The van der Waals surface area contributed by atoms with E-state index < -0.39 is 171 Å². The summed E-state index contributed by atoms with van der Waals surface area (Å²) in [7, 11) is 0. The normalized spacial score (nSPS) is 14.6. The molecule has 0 saturated carbocycles. The first-order chi connectivity index (χ1) is 38.6. The molecule has 0 saturated heterocycles. The second-order valence-electron chi connectivity index (χ2n) is 19.2. The van der Waals surface area contributed by atoms with Crippen LogP contribution in [-0.2, 0) is 70.4 Å². The molecule has 1 aromatic heterocycles. The predicted octanol–water partition coefficient (Wildman–Crippen LogP) is -7.93. The highest BCUT2D eigenvalue weighted by molar-refractivity contribution is 5.98. The van der Waals surface area contributed by atoms with Crippen LogP contribution in [0.4, 0.5) is 0 Å². The van der Waals surface area contributed by atoms with Gasteiger partial charge in [-0.3, -0.25) is 57.7 Å². The zero-order valence-electron chi connectivity index (χ0n) is 45.6. The number of hydrogen-bond acceptors (Lipinski definition) is 18. The minimum atomic E-state index is -1.87. The summed E-state index contributed by atoms with van der Waals surface area (Å²) >= 11 is 0. The first-order valence-corrected chi connectivity index (χ1v) is 25.8. The van der Waals surface area contributed by atoms with Crippen molar-refractivity contribution in [3.05, 3.63) is 54.1 Å². The third-order valence-corrected chi connectivity index (χ3v) is 11.8. The van der Waals surface area contributed by atoms with Crippen molar-refractivity contribution in [1.82, 2.24) is 63.1 Å². The number of H-pyrrole nitrogens is 1. The van der Waals surface area contributed by atoms with Gasteiger partial charge in [0, 0.05) is 37.7 Å². The summed E-state index contributed by atoms with van der Waals surface area (Å²) in [6.45, 7) is 2.39. The standard InChI is InChI=1S/C49H76N16O17/c1-24(2)15-31(45(78)65-39(26(4)68)48(81)82)60-37(70)20-56-42(75)32(16-27-9-6-5-7-10-27)61-44(77)33(17-28-18-53-23-57-28)62-47(80)35(22-67)64-43(76)30(12-13-38(71)72)59-36(69)19-55-40(73)25(3)58-46(79)34(21-66)63-41(74)29(50)11-8-14-54-49(51)52/h5-7,9-10,18,23-26,29-35,39,66-68H,8,11-17,19-22,50H2,1-4H3,(H,53,57)(H,55,73)(H,56,75)(H,58,79)(H,59,69)(H,60,70)(H,61,77)(H,62,80)(H,63,74)(H,64,76)(H,65,78)(H,71,72)(H,81,82)(H4,51,52,54)/t25-,26+,29-,30-,31-,32-,33-,34-,35-,39-/m0/s1. The number of carboxylic acid groups (broad SMARTS) is 2. The van der Waals surface area contributed by atoms with Gasteiger partial charge in [0.25, 0.3) is 0 Å². The van der Waals surface area contributed by atoms with Gasteiger partial charge in [0.15, 0.2) is 12.0 Å². The number of imidazole rings is 1. The van der Waals surface area contributed by atoms with Crippen LogP contribution in [0.2, 0.25) is 0 Å². The number of guanidine groups is 1. The molecule has 0 unspecified atom stereocenters. The molecule has 0 bridgehead atoms. The maximum atomic E-state index is 14.2. The molecule has 33 heteroatoms. The molecule has 1 aromatic carbocycles. The summed E-state index contributed by atoms with van der Waals surface area (Å²) < 4.78 is 0. The van der Waals surface area contributed by atoms with Crippen molar-refractivity contribution in [2.75, 3.05) is 32.8 Å². The van der Waals surface area contributed by atoms with Crippen LogP contribution >= 0.6 is 0 Å². The fourth-order valence-electron chi connectivity index (χ4n) is 7.38. The van der Waals surface area contributed by atoms with Crippen molar-refractivity contribution in [2.24, 2.45) is 28.1 Å². The largest absolute Gasteiger partial charge is 0.481 e. The molecule has 0 aliphatic rings. The van der Waals surface area contributed by atoms with E-state index in [0.29, 0.717) is 12.0 Å². The number of rotatable bonds is 37. The van der Waals surface area contributed by atoms with Crippen molar-refractivity contribution in [3.8, 4) is 0 Å². The Hall–Kier alpha value is -8.82. The summed E-state index contributed by atoms with van der Waals surface area (Å²) in [5, 5.41) is 71.9. The molecular weight excluding hydrogens is 1080 g/mol. The first kappa shape index (κ1) is 69.3. The molecule has 0 radical (unpaired) electrons. The Morgan fingerprint density at radius 2 is 1.12 bits per heavy atom. The zero-order chi connectivity index (χ0) is 61.6. The second kappa shape index (κ2) is 35.7. The molecule has 10 atom stereocenters. The molecule has 82 heavy (non-hydrogen) atoms. The third-order valence-electron chi connectivity index (χ3n) is 11.8. The smallest absolute Gasteiger partial charge is 0.328 e. The molecule has 0 aliphatic carbocycles. The summed E-state index contributed by atoms with van der Waals surface area (Å²) in [6, 6.07) is -5.38. The van der Waals surface area contributed by atoms with Gasteiger partial charge in [-0.25, -0.2) is 9.78 Å². The van der Waals surface area contributed by atoms with Gasteiger partial charge >= 0.3 is 11.9 Å². The summed E-state index contributed by atoms with van der Waals surface area (Å²) in [4.78, 5) is 167. The van der Waals surface area contributed by atoms with Crippen molar-refractivity contribution in [2.45, 2.75) is 133 Å². The number of aliphatic imine (C=N–C) groups is 1. The number of amides is 10. The number of benzene rings is 1. The highest BCUT2D eigenvalue weighted by Crippen LogP contribution is 2.09. The number of aromatic amines is 1. The Kier molecular flexibility index (Phi) is 30.2. The molecule has 22 N–H and O–H groups in total. The van der Waals surface area contributed by atoms with E-state index in [4.69, 9.17) is 17.2 Å². The monoisotopic (exact) mass is 1160 g/mol. The Bertz CT molecular complexity index is 2510. The SMILES string of the molecule is CC(C)C[C@H](NC(=O)CNC(=O)[C@H](Cc1ccccc1)NC(=O)[C@H](Cc1cnc[nH]1)NC(=O)[C@H](CO)NC(=O)[C@H](CCC(=O)O)NC(=O)CNC(=O)[C@H](C)NC(=O)[C@H](CO)NC(=O)[C@@H](N)CCCN=C(N)N)C(=O)N[C@H](C(=O)O)[C@@H](C)O. The van der Waals surface area contributed by atoms with Gasteiger partial charge in [0.05, 0.1) is 44.8 Å². The Labute approximate surface area is 470 Å². The number of hydrogen-bond donors (Lipinski definition) is 19. The molecular formula is C49H76N16O17. The highest BCUT2D eigenvalue weighted by atomic mass is 16.4. The number of carbonyl (C=O) groups excluding carboxylic acids is 10. The zero-order valence-corrected chi connectivity index (χ0v) is 45.6. The van der Waals surface area contributed by atoms with Crippen LogP contribution in [0.5, 0.6) is 0 Å². The minimum Gasteiger partial charge on any atom is -0.481 e. The quantitative estimate of drug-likeness (QED) is 0.0170. The molecule has 0 spiro atoms. The lowest BCUT2D eigenvalue weighted by molar-refractivity contribution is -0.145. The molecule has 454 valence electrons. The number of aliphatic hydroxyl groups excluding tert-OH is 3. The van der Waals surface area contributed by atoms with E-state index in [1.54, 1.807) is 44.2 Å². The van der Waals surface area contributed by atoms with E-state index in [9.17, 15) is 83.1 Å².